The summed E-state index contributed by atoms with van der Waals surface area (Å²) in [6.45, 7) is 15.4. The Hall–Kier alpha value is -2.41. The van der Waals surface area contributed by atoms with Crippen LogP contribution in [0.15, 0.2) is 30.3 Å². The highest BCUT2D eigenvalue weighted by Gasteiger charge is 2.57. The summed E-state index contributed by atoms with van der Waals surface area (Å²) in [5, 5.41) is 0. The summed E-state index contributed by atoms with van der Waals surface area (Å²) in [6.07, 6.45) is 2.71. The summed E-state index contributed by atoms with van der Waals surface area (Å²) < 4.78 is 0. The summed E-state index contributed by atoms with van der Waals surface area (Å²) >= 11 is 0. The van der Waals surface area contributed by atoms with Crippen molar-refractivity contribution in [1.29, 1.82) is 0 Å². The van der Waals surface area contributed by atoms with Crippen LogP contribution in [0.25, 0.3) is 0 Å². The van der Waals surface area contributed by atoms with Gasteiger partial charge in [0.05, 0.1) is 0 Å². The number of rotatable bonds is 7. The molecule has 0 saturated carbocycles. The zero-order chi connectivity index (χ0) is 26.1. The number of imide groups is 1. The van der Waals surface area contributed by atoms with E-state index in [1.807, 2.05) is 24.8 Å². The normalized spacial score (nSPS) is 24.9. The van der Waals surface area contributed by atoms with Gasteiger partial charge in [0, 0.05) is 58.2 Å². The fraction of sp³-hybridized carbons (Fsp3) is 0.690. The van der Waals surface area contributed by atoms with Crippen LogP contribution < -0.4 is 0 Å². The van der Waals surface area contributed by atoms with Gasteiger partial charge in [0.25, 0.3) is 5.91 Å². The number of amides is 4. The lowest BCUT2D eigenvalue weighted by Gasteiger charge is -2.42. The minimum atomic E-state index is -0.680. The number of piperidine rings is 1. The Balaban J connectivity index is 1.46. The molecule has 198 valence electrons. The standard InChI is InChI=1S/C29H44N4O3/c1-6-15-32-26(35)29(33(7-2)27(32)36)13-16-30(17-14-29)19-23-20-31(25(34)18-28(3,4)5)21-24(23)22-11-9-8-10-12-22/h8-12,23-24H,6-7,13-21H2,1-5H3/t23-,24+/m0/s1. The van der Waals surface area contributed by atoms with Crippen molar-refractivity contribution in [2.24, 2.45) is 11.3 Å². The summed E-state index contributed by atoms with van der Waals surface area (Å²) in [7, 11) is 0. The molecule has 7 heteroatoms. The molecule has 3 saturated heterocycles. The third-order valence-electron chi connectivity index (χ3n) is 8.26. The van der Waals surface area contributed by atoms with E-state index in [1.165, 1.54) is 10.5 Å². The lowest BCUT2D eigenvalue weighted by molar-refractivity contribution is -0.136. The molecular formula is C29H44N4O3. The molecule has 1 aromatic carbocycles. The molecular weight excluding hydrogens is 452 g/mol. The van der Waals surface area contributed by atoms with Gasteiger partial charge in [-0.25, -0.2) is 4.79 Å². The quantitative estimate of drug-likeness (QED) is 0.531. The summed E-state index contributed by atoms with van der Waals surface area (Å²) in [5.41, 5.74) is 0.590. The first-order valence-electron chi connectivity index (χ1n) is 13.8. The number of benzene rings is 1. The SMILES string of the molecule is CCCN1C(=O)N(CC)C2(CCN(C[C@H]3CN(C(=O)CC(C)(C)C)C[C@@H]3c3ccccc3)CC2)C1=O. The number of nitrogens with zero attached hydrogens (tertiary/aromatic N) is 4. The van der Waals surface area contributed by atoms with Crippen LogP contribution in [-0.2, 0) is 9.59 Å². The monoisotopic (exact) mass is 496 g/mol. The van der Waals surface area contributed by atoms with Gasteiger partial charge < -0.3 is 14.7 Å². The third kappa shape index (κ3) is 5.17. The van der Waals surface area contributed by atoms with Gasteiger partial charge in [0.15, 0.2) is 0 Å². The zero-order valence-electron chi connectivity index (χ0n) is 22.8. The number of likely N-dealkylation sites (N-methyl/N-ethyl adjacent to an activating group) is 1. The van der Waals surface area contributed by atoms with Gasteiger partial charge in [-0.3, -0.25) is 14.5 Å². The molecule has 3 heterocycles. The molecule has 2 atom stereocenters. The van der Waals surface area contributed by atoms with Gasteiger partial charge in [-0.1, -0.05) is 58.0 Å². The van der Waals surface area contributed by atoms with Gasteiger partial charge in [-0.2, -0.15) is 0 Å². The van der Waals surface area contributed by atoms with Crippen molar-refractivity contribution < 1.29 is 14.4 Å². The molecule has 0 aliphatic carbocycles. The summed E-state index contributed by atoms with van der Waals surface area (Å²) in [6, 6.07) is 10.5. The van der Waals surface area contributed by atoms with Crippen molar-refractivity contribution in [3.8, 4) is 0 Å². The summed E-state index contributed by atoms with van der Waals surface area (Å²) in [5.74, 6) is 0.907. The molecule has 0 bridgehead atoms. The van der Waals surface area contributed by atoms with Crippen LogP contribution >= 0.6 is 0 Å². The average Bonchev–Trinajstić information content (AvgIpc) is 3.34. The van der Waals surface area contributed by atoms with E-state index in [-0.39, 0.29) is 23.3 Å². The van der Waals surface area contributed by atoms with Gasteiger partial charge in [0.2, 0.25) is 5.91 Å². The highest BCUT2D eigenvalue weighted by atomic mass is 16.2. The number of hydrogen-bond donors (Lipinski definition) is 0. The van der Waals surface area contributed by atoms with E-state index in [0.717, 1.165) is 39.1 Å². The molecule has 3 aliphatic rings. The number of hydrogen-bond acceptors (Lipinski definition) is 4. The van der Waals surface area contributed by atoms with Crippen molar-refractivity contribution >= 4 is 17.8 Å². The molecule has 4 rings (SSSR count). The molecule has 0 unspecified atom stereocenters. The molecule has 0 N–H and O–H groups in total. The van der Waals surface area contributed by atoms with E-state index < -0.39 is 5.54 Å². The predicted molar refractivity (Wildman–Crippen MR) is 142 cm³/mol. The number of urea groups is 1. The largest absolute Gasteiger partial charge is 0.342 e. The van der Waals surface area contributed by atoms with Crippen LogP contribution in [-0.4, -0.2) is 88.8 Å². The molecule has 0 radical (unpaired) electrons. The van der Waals surface area contributed by atoms with Crippen LogP contribution in [0.4, 0.5) is 4.79 Å². The maximum Gasteiger partial charge on any atom is 0.327 e. The highest BCUT2D eigenvalue weighted by Crippen LogP contribution is 2.39. The Morgan fingerprint density at radius 3 is 2.28 bits per heavy atom. The van der Waals surface area contributed by atoms with Crippen molar-refractivity contribution in [2.45, 2.75) is 71.8 Å². The third-order valence-corrected chi connectivity index (χ3v) is 8.26. The Morgan fingerprint density at radius 2 is 1.69 bits per heavy atom. The number of carbonyl (C=O) groups is 3. The first-order chi connectivity index (χ1) is 17.1. The minimum absolute atomic E-state index is 0.00201. The Morgan fingerprint density at radius 1 is 1.03 bits per heavy atom. The average molecular weight is 497 g/mol. The molecule has 1 spiro atoms. The van der Waals surface area contributed by atoms with Crippen LogP contribution in [0.5, 0.6) is 0 Å². The minimum Gasteiger partial charge on any atom is -0.342 e. The first-order valence-corrected chi connectivity index (χ1v) is 13.8. The fourth-order valence-electron chi connectivity index (χ4n) is 6.47. The molecule has 3 aliphatic heterocycles. The molecule has 4 amide bonds. The van der Waals surface area contributed by atoms with E-state index in [1.54, 1.807) is 0 Å². The van der Waals surface area contributed by atoms with Crippen LogP contribution in [0.2, 0.25) is 0 Å². The second kappa shape index (κ2) is 10.5. The number of likely N-dealkylation sites (tertiary alicyclic amines) is 2. The van der Waals surface area contributed by atoms with Crippen LogP contribution in [0.1, 0.15) is 71.8 Å². The molecule has 1 aromatic rings. The molecule has 7 nitrogen and oxygen atoms in total. The highest BCUT2D eigenvalue weighted by molar-refractivity contribution is 6.07. The van der Waals surface area contributed by atoms with E-state index in [4.69, 9.17) is 0 Å². The Labute approximate surface area is 216 Å². The van der Waals surface area contributed by atoms with Crippen molar-refractivity contribution in [3.63, 3.8) is 0 Å². The van der Waals surface area contributed by atoms with Crippen LogP contribution in [0.3, 0.4) is 0 Å². The molecule has 36 heavy (non-hydrogen) atoms. The maximum atomic E-state index is 13.4. The van der Waals surface area contributed by atoms with Gasteiger partial charge in [-0.15, -0.1) is 0 Å². The Bertz CT molecular complexity index is 949. The predicted octanol–water partition coefficient (Wildman–Crippen LogP) is 4.19. The van der Waals surface area contributed by atoms with Crippen molar-refractivity contribution in [2.75, 3.05) is 45.8 Å². The van der Waals surface area contributed by atoms with Gasteiger partial charge in [-0.05, 0) is 43.1 Å². The lowest BCUT2D eigenvalue weighted by Crippen LogP contribution is -2.57. The van der Waals surface area contributed by atoms with E-state index in [0.29, 0.717) is 44.2 Å². The maximum absolute atomic E-state index is 13.4. The van der Waals surface area contributed by atoms with E-state index >= 15 is 0 Å². The van der Waals surface area contributed by atoms with Crippen molar-refractivity contribution in [1.82, 2.24) is 19.6 Å². The zero-order valence-corrected chi connectivity index (χ0v) is 22.8. The van der Waals surface area contributed by atoms with E-state index in [2.05, 4.69) is 54.8 Å². The first kappa shape index (κ1) is 26.6. The fourth-order valence-corrected chi connectivity index (χ4v) is 6.47. The second-order valence-corrected chi connectivity index (χ2v) is 12.1. The van der Waals surface area contributed by atoms with Crippen molar-refractivity contribution in [3.05, 3.63) is 35.9 Å². The molecule has 0 aromatic heterocycles. The van der Waals surface area contributed by atoms with E-state index in [9.17, 15) is 14.4 Å². The Kier molecular flexibility index (Phi) is 7.79. The van der Waals surface area contributed by atoms with Gasteiger partial charge >= 0.3 is 6.03 Å². The second-order valence-electron chi connectivity index (χ2n) is 12.1. The topological polar surface area (TPSA) is 64.2 Å². The smallest absolute Gasteiger partial charge is 0.327 e. The number of carbonyl (C=O) groups excluding carboxylic acids is 3. The van der Waals surface area contributed by atoms with Crippen LogP contribution in [0, 0.1) is 11.3 Å². The molecule has 3 fully saturated rings. The van der Waals surface area contributed by atoms with Gasteiger partial charge in [0.1, 0.15) is 5.54 Å². The lowest BCUT2D eigenvalue weighted by atomic mass is 9.84. The summed E-state index contributed by atoms with van der Waals surface area (Å²) in [4.78, 5) is 47.2.